The maximum absolute atomic E-state index is 12.4. The molecule has 0 fully saturated rings. The summed E-state index contributed by atoms with van der Waals surface area (Å²) in [5.74, 6) is -1.01. The Morgan fingerprint density at radius 3 is 2.48 bits per heavy atom. The second-order valence-electron chi connectivity index (χ2n) is 5.82. The van der Waals surface area contributed by atoms with E-state index in [-0.39, 0.29) is 11.7 Å². The van der Waals surface area contributed by atoms with E-state index >= 15 is 0 Å². The summed E-state index contributed by atoms with van der Waals surface area (Å²) in [4.78, 5) is 23.4. The zero-order chi connectivity index (χ0) is 18.0. The summed E-state index contributed by atoms with van der Waals surface area (Å²) < 4.78 is 5.32. The van der Waals surface area contributed by atoms with Crippen LogP contribution in [0.3, 0.4) is 0 Å². The van der Waals surface area contributed by atoms with Gasteiger partial charge >= 0.3 is 5.97 Å². The number of anilines is 1. The van der Waals surface area contributed by atoms with Crippen LogP contribution in [0.4, 0.5) is 5.69 Å². The minimum atomic E-state index is -1.12. The average molecular weight is 335 g/mol. The van der Waals surface area contributed by atoms with E-state index in [9.17, 15) is 9.59 Å². The second kappa shape index (κ2) is 6.65. The third-order valence-electron chi connectivity index (χ3n) is 3.87. The van der Waals surface area contributed by atoms with E-state index in [0.29, 0.717) is 22.6 Å². The zero-order valence-corrected chi connectivity index (χ0v) is 13.9. The Morgan fingerprint density at radius 2 is 1.80 bits per heavy atom. The first-order chi connectivity index (χ1) is 11.9. The number of aryl methyl sites for hydroxylation is 2. The quantitative estimate of drug-likeness (QED) is 0.735. The van der Waals surface area contributed by atoms with Crippen LogP contribution in [0.5, 0.6) is 0 Å². The molecule has 1 aromatic heterocycles. The van der Waals surface area contributed by atoms with E-state index in [0.717, 1.165) is 11.1 Å². The number of nitrogens with one attached hydrogen (secondary N) is 1. The van der Waals surface area contributed by atoms with Crippen molar-refractivity contribution in [3.05, 3.63) is 77.0 Å². The lowest BCUT2D eigenvalue weighted by Gasteiger charge is -2.10. The van der Waals surface area contributed by atoms with Crippen LogP contribution >= 0.6 is 0 Å². The predicted molar refractivity (Wildman–Crippen MR) is 95.0 cm³/mol. The van der Waals surface area contributed by atoms with Crippen molar-refractivity contribution in [2.24, 2.45) is 0 Å². The van der Waals surface area contributed by atoms with E-state index in [2.05, 4.69) is 5.32 Å². The molecule has 5 nitrogen and oxygen atoms in total. The molecule has 25 heavy (non-hydrogen) atoms. The molecule has 126 valence electrons. The van der Waals surface area contributed by atoms with Gasteiger partial charge < -0.3 is 14.8 Å². The Balaban J connectivity index is 1.89. The maximum atomic E-state index is 12.4. The van der Waals surface area contributed by atoms with Crippen molar-refractivity contribution in [1.82, 2.24) is 0 Å². The first kappa shape index (κ1) is 16.5. The van der Waals surface area contributed by atoms with Crippen molar-refractivity contribution in [3.8, 4) is 11.3 Å². The van der Waals surface area contributed by atoms with Crippen molar-refractivity contribution < 1.29 is 19.1 Å². The summed E-state index contributed by atoms with van der Waals surface area (Å²) in [6.07, 6.45) is 0. The van der Waals surface area contributed by atoms with Gasteiger partial charge in [-0.15, -0.1) is 0 Å². The summed E-state index contributed by atoms with van der Waals surface area (Å²) in [5.41, 5.74) is 3.83. The first-order valence-corrected chi connectivity index (χ1v) is 7.76. The van der Waals surface area contributed by atoms with Gasteiger partial charge in [0.1, 0.15) is 5.76 Å². The van der Waals surface area contributed by atoms with Gasteiger partial charge in [0.25, 0.3) is 5.91 Å². The highest BCUT2D eigenvalue weighted by molar-refractivity contribution is 6.05. The maximum Gasteiger partial charge on any atom is 0.371 e. The molecule has 1 amide bonds. The molecule has 0 saturated carbocycles. The molecule has 0 aliphatic heterocycles. The number of hydrogen-bond donors (Lipinski definition) is 2. The lowest BCUT2D eigenvalue weighted by Crippen LogP contribution is -2.12. The van der Waals surface area contributed by atoms with E-state index in [1.807, 2.05) is 44.2 Å². The van der Waals surface area contributed by atoms with E-state index in [1.165, 1.54) is 6.07 Å². The summed E-state index contributed by atoms with van der Waals surface area (Å²) >= 11 is 0. The van der Waals surface area contributed by atoms with Gasteiger partial charge in [0.05, 0.1) is 0 Å². The Bertz CT molecular complexity index is 956. The van der Waals surface area contributed by atoms with Crippen molar-refractivity contribution >= 4 is 17.6 Å². The van der Waals surface area contributed by atoms with Crippen molar-refractivity contribution in [1.29, 1.82) is 0 Å². The molecule has 0 spiro atoms. The number of carboxylic acids is 1. The highest BCUT2D eigenvalue weighted by atomic mass is 16.4. The molecule has 5 heteroatoms. The number of carboxylic acid groups (broad SMARTS) is 1. The third kappa shape index (κ3) is 3.61. The molecule has 0 aliphatic rings. The monoisotopic (exact) mass is 335 g/mol. The van der Waals surface area contributed by atoms with Crippen molar-refractivity contribution in [2.75, 3.05) is 5.32 Å². The lowest BCUT2D eigenvalue weighted by molar-refractivity contribution is 0.0663. The average Bonchev–Trinajstić information content (AvgIpc) is 3.07. The summed E-state index contributed by atoms with van der Waals surface area (Å²) in [7, 11) is 0. The number of carbonyl (C=O) groups excluding carboxylic acids is 1. The summed E-state index contributed by atoms with van der Waals surface area (Å²) in [6.45, 7) is 3.82. The Labute approximate surface area is 144 Å². The fourth-order valence-corrected chi connectivity index (χ4v) is 2.50. The summed E-state index contributed by atoms with van der Waals surface area (Å²) in [5, 5.41) is 11.9. The third-order valence-corrected chi connectivity index (χ3v) is 3.87. The van der Waals surface area contributed by atoms with Gasteiger partial charge in [-0.3, -0.25) is 4.79 Å². The molecule has 0 unspecified atom stereocenters. The van der Waals surface area contributed by atoms with Crippen LogP contribution in [-0.2, 0) is 0 Å². The standard InChI is InChI=1S/C20H17NO4/c1-12-4-3-5-15(10-12)19(22)21-16-11-14(7-6-13(16)2)17-8-9-18(25-17)20(23)24/h3-11H,1-2H3,(H,21,22)(H,23,24). The number of amides is 1. The van der Waals surface area contributed by atoms with Gasteiger partial charge in [-0.05, 0) is 49.7 Å². The van der Waals surface area contributed by atoms with Gasteiger partial charge in [-0.25, -0.2) is 4.79 Å². The van der Waals surface area contributed by atoms with Crippen LogP contribution in [0.15, 0.2) is 59.0 Å². The van der Waals surface area contributed by atoms with Gasteiger partial charge in [0.2, 0.25) is 5.76 Å². The minimum Gasteiger partial charge on any atom is -0.475 e. The highest BCUT2D eigenvalue weighted by Gasteiger charge is 2.13. The SMILES string of the molecule is Cc1cccc(C(=O)Nc2cc(-c3ccc(C(=O)O)o3)ccc2C)c1. The molecule has 3 rings (SSSR count). The van der Waals surface area contributed by atoms with E-state index < -0.39 is 5.97 Å². The van der Waals surface area contributed by atoms with Crippen LogP contribution in [0.2, 0.25) is 0 Å². The van der Waals surface area contributed by atoms with Crippen molar-refractivity contribution in [3.63, 3.8) is 0 Å². The Hall–Kier alpha value is -3.34. The number of carbonyl (C=O) groups is 2. The minimum absolute atomic E-state index is 0.124. The van der Waals surface area contributed by atoms with Crippen LogP contribution in [0.25, 0.3) is 11.3 Å². The van der Waals surface area contributed by atoms with Gasteiger partial charge in [0.15, 0.2) is 0 Å². The molecule has 0 atom stereocenters. The number of furan rings is 1. The topological polar surface area (TPSA) is 79.5 Å². The number of benzene rings is 2. The van der Waals surface area contributed by atoms with Crippen molar-refractivity contribution in [2.45, 2.75) is 13.8 Å². The molecular formula is C20H17NO4. The largest absolute Gasteiger partial charge is 0.475 e. The van der Waals surface area contributed by atoms with Crippen LogP contribution in [0.1, 0.15) is 32.0 Å². The Kier molecular flexibility index (Phi) is 4.39. The molecular weight excluding hydrogens is 318 g/mol. The van der Waals surface area contributed by atoms with Gasteiger partial charge in [-0.1, -0.05) is 29.8 Å². The molecule has 1 heterocycles. The highest BCUT2D eigenvalue weighted by Crippen LogP contribution is 2.27. The van der Waals surface area contributed by atoms with Crippen LogP contribution < -0.4 is 5.32 Å². The fraction of sp³-hybridized carbons (Fsp3) is 0.100. The smallest absolute Gasteiger partial charge is 0.371 e. The van der Waals surface area contributed by atoms with Gasteiger partial charge in [-0.2, -0.15) is 0 Å². The number of aromatic carboxylic acids is 1. The second-order valence-corrected chi connectivity index (χ2v) is 5.82. The van der Waals surface area contributed by atoms with E-state index in [1.54, 1.807) is 18.2 Å². The fourth-order valence-electron chi connectivity index (χ4n) is 2.50. The molecule has 2 aromatic carbocycles. The number of hydrogen-bond acceptors (Lipinski definition) is 3. The molecule has 0 radical (unpaired) electrons. The Morgan fingerprint density at radius 1 is 1.00 bits per heavy atom. The lowest BCUT2D eigenvalue weighted by atomic mass is 10.1. The molecule has 3 aromatic rings. The predicted octanol–water partition coefficient (Wildman–Crippen LogP) is 4.51. The molecule has 0 aliphatic carbocycles. The molecule has 0 bridgehead atoms. The van der Waals surface area contributed by atoms with E-state index in [4.69, 9.17) is 9.52 Å². The molecule has 0 saturated heterocycles. The molecule has 2 N–H and O–H groups in total. The van der Waals surface area contributed by atoms with Crippen LogP contribution in [0, 0.1) is 13.8 Å². The zero-order valence-electron chi connectivity index (χ0n) is 13.9. The first-order valence-electron chi connectivity index (χ1n) is 7.76. The normalized spacial score (nSPS) is 10.5. The summed E-state index contributed by atoms with van der Waals surface area (Å²) in [6, 6.07) is 15.8. The van der Waals surface area contributed by atoms with Gasteiger partial charge in [0, 0.05) is 16.8 Å². The van der Waals surface area contributed by atoms with Crippen LogP contribution in [-0.4, -0.2) is 17.0 Å². The number of rotatable bonds is 4.